The molecule has 0 aromatic rings. The van der Waals surface area contributed by atoms with Crippen molar-refractivity contribution in [3.63, 3.8) is 0 Å². The van der Waals surface area contributed by atoms with Crippen LogP contribution in [0, 0.1) is 11.8 Å². The van der Waals surface area contributed by atoms with Gasteiger partial charge in [-0.3, -0.25) is 4.99 Å². The van der Waals surface area contributed by atoms with Gasteiger partial charge in [-0.05, 0) is 24.3 Å². The molecule has 1 rings (SSSR count). The molecular formula is C11H19N. The molecule has 1 heteroatoms. The van der Waals surface area contributed by atoms with Gasteiger partial charge in [0.2, 0.25) is 0 Å². The first kappa shape index (κ1) is 9.50. The largest absolute Gasteiger partial charge is 0.262 e. The molecule has 1 aliphatic rings. The fourth-order valence-electron chi connectivity index (χ4n) is 1.68. The lowest BCUT2D eigenvalue weighted by Crippen LogP contribution is -1.99. The molecule has 0 aromatic carbocycles. The maximum atomic E-state index is 4.59. The van der Waals surface area contributed by atoms with E-state index < -0.39 is 0 Å². The van der Waals surface area contributed by atoms with Crippen molar-refractivity contribution in [3.8, 4) is 0 Å². The summed E-state index contributed by atoms with van der Waals surface area (Å²) < 4.78 is 0. The fourth-order valence-corrected chi connectivity index (χ4v) is 1.68. The normalized spacial score (nSPS) is 18.1. The van der Waals surface area contributed by atoms with Crippen molar-refractivity contribution < 1.29 is 0 Å². The van der Waals surface area contributed by atoms with Crippen LogP contribution in [0.4, 0.5) is 0 Å². The minimum Gasteiger partial charge on any atom is -0.262 e. The number of hydrogen-bond acceptors (Lipinski definition) is 1. The van der Waals surface area contributed by atoms with Gasteiger partial charge in [0.25, 0.3) is 0 Å². The smallest absolute Gasteiger partial charge is 0.0426 e. The summed E-state index contributed by atoms with van der Waals surface area (Å²) in [5.41, 5.74) is 4.16. The van der Waals surface area contributed by atoms with Crippen molar-refractivity contribution in [1.82, 2.24) is 0 Å². The van der Waals surface area contributed by atoms with E-state index in [0.29, 0.717) is 11.8 Å². The molecule has 0 saturated carbocycles. The summed E-state index contributed by atoms with van der Waals surface area (Å²) in [6.07, 6.45) is 1.10. The van der Waals surface area contributed by atoms with Crippen LogP contribution in [0.15, 0.2) is 16.3 Å². The van der Waals surface area contributed by atoms with Gasteiger partial charge in [-0.25, -0.2) is 0 Å². The maximum Gasteiger partial charge on any atom is 0.0426 e. The SMILES string of the molecule is CC1=NC(C(C)C)=C(C(C)C)C1. The van der Waals surface area contributed by atoms with Gasteiger partial charge in [0.15, 0.2) is 0 Å². The molecule has 0 bridgehead atoms. The summed E-state index contributed by atoms with van der Waals surface area (Å²) in [6, 6.07) is 0. The van der Waals surface area contributed by atoms with Crippen LogP contribution in [0.25, 0.3) is 0 Å². The monoisotopic (exact) mass is 165 g/mol. The summed E-state index contributed by atoms with van der Waals surface area (Å²) in [5, 5.41) is 0. The molecule has 0 radical (unpaired) electrons. The zero-order chi connectivity index (χ0) is 9.30. The van der Waals surface area contributed by atoms with Crippen molar-refractivity contribution in [3.05, 3.63) is 11.3 Å². The molecular weight excluding hydrogens is 146 g/mol. The van der Waals surface area contributed by atoms with Crippen molar-refractivity contribution in [2.75, 3.05) is 0 Å². The summed E-state index contributed by atoms with van der Waals surface area (Å²) in [4.78, 5) is 4.59. The number of hydrogen-bond donors (Lipinski definition) is 0. The molecule has 0 fully saturated rings. The molecule has 12 heavy (non-hydrogen) atoms. The Morgan fingerprint density at radius 2 is 1.67 bits per heavy atom. The van der Waals surface area contributed by atoms with E-state index in [9.17, 15) is 0 Å². The van der Waals surface area contributed by atoms with E-state index in [-0.39, 0.29) is 0 Å². The van der Waals surface area contributed by atoms with Gasteiger partial charge in [-0.2, -0.15) is 0 Å². The topological polar surface area (TPSA) is 12.4 Å². The van der Waals surface area contributed by atoms with E-state index in [1.54, 1.807) is 5.57 Å². The highest BCUT2D eigenvalue weighted by atomic mass is 14.8. The van der Waals surface area contributed by atoms with Gasteiger partial charge < -0.3 is 0 Å². The molecule has 0 saturated heterocycles. The second-order valence-corrected chi connectivity index (χ2v) is 4.24. The fraction of sp³-hybridized carbons (Fsp3) is 0.727. The number of nitrogens with zero attached hydrogens (tertiary/aromatic N) is 1. The van der Waals surface area contributed by atoms with Crippen molar-refractivity contribution >= 4 is 5.71 Å². The molecule has 0 spiro atoms. The lowest BCUT2D eigenvalue weighted by atomic mass is 9.94. The first-order valence-electron chi connectivity index (χ1n) is 4.79. The van der Waals surface area contributed by atoms with Crippen LogP contribution in [-0.4, -0.2) is 5.71 Å². The number of rotatable bonds is 2. The van der Waals surface area contributed by atoms with Gasteiger partial charge in [0.1, 0.15) is 0 Å². The highest BCUT2D eigenvalue weighted by molar-refractivity contribution is 5.88. The minimum absolute atomic E-state index is 0.583. The number of aliphatic imine (C=N–C) groups is 1. The zero-order valence-electron chi connectivity index (χ0n) is 8.81. The second-order valence-electron chi connectivity index (χ2n) is 4.24. The van der Waals surface area contributed by atoms with Crippen LogP contribution in [0.3, 0.4) is 0 Å². The van der Waals surface area contributed by atoms with Crippen molar-refractivity contribution in [2.45, 2.75) is 41.0 Å². The Balaban J connectivity index is 2.91. The molecule has 0 amide bonds. The average molecular weight is 165 g/mol. The Labute approximate surface area is 75.6 Å². The van der Waals surface area contributed by atoms with Crippen LogP contribution < -0.4 is 0 Å². The maximum absolute atomic E-state index is 4.59. The Kier molecular flexibility index (Phi) is 2.71. The quantitative estimate of drug-likeness (QED) is 0.594. The molecule has 0 N–H and O–H groups in total. The summed E-state index contributed by atoms with van der Waals surface area (Å²) in [7, 11) is 0. The van der Waals surface area contributed by atoms with Gasteiger partial charge in [0.05, 0.1) is 0 Å². The Hall–Kier alpha value is -0.590. The summed E-state index contributed by atoms with van der Waals surface area (Å²) in [5.74, 6) is 1.24. The summed E-state index contributed by atoms with van der Waals surface area (Å²) in [6.45, 7) is 11.1. The first-order valence-corrected chi connectivity index (χ1v) is 4.79. The van der Waals surface area contributed by atoms with Crippen LogP contribution in [0.5, 0.6) is 0 Å². The minimum atomic E-state index is 0.583. The lowest BCUT2D eigenvalue weighted by molar-refractivity contribution is 0.688. The van der Waals surface area contributed by atoms with Gasteiger partial charge in [-0.15, -0.1) is 0 Å². The van der Waals surface area contributed by atoms with Gasteiger partial charge in [-0.1, -0.05) is 27.7 Å². The van der Waals surface area contributed by atoms with E-state index in [1.165, 1.54) is 11.4 Å². The van der Waals surface area contributed by atoms with E-state index in [4.69, 9.17) is 0 Å². The molecule has 1 aliphatic heterocycles. The van der Waals surface area contributed by atoms with Crippen molar-refractivity contribution in [2.24, 2.45) is 16.8 Å². The standard InChI is InChI=1S/C11H19N/c1-7(2)10-6-9(5)12-11(10)8(3)4/h7-8H,6H2,1-5H3. The van der Waals surface area contributed by atoms with Crippen LogP contribution in [-0.2, 0) is 0 Å². The zero-order valence-corrected chi connectivity index (χ0v) is 8.81. The Morgan fingerprint density at radius 1 is 1.08 bits per heavy atom. The summed E-state index contributed by atoms with van der Waals surface area (Å²) >= 11 is 0. The van der Waals surface area contributed by atoms with E-state index >= 15 is 0 Å². The molecule has 1 heterocycles. The molecule has 0 aromatic heterocycles. The highest BCUT2D eigenvalue weighted by Crippen LogP contribution is 2.30. The first-order chi connectivity index (χ1) is 5.52. The molecule has 0 aliphatic carbocycles. The Bertz CT molecular complexity index is 231. The molecule has 0 unspecified atom stereocenters. The molecule has 1 nitrogen and oxygen atoms in total. The molecule has 68 valence electrons. The predicted molar refractivity (Wildman–Crippen MR) is 54.4 cm³/mol. The van der Waals surface area contributed by atoms with Gasteiger partial charge in [0, 0.05) is 17.8 Å². The predicted octanol–water partition coefficient (Wildman–Crippen LogP) is 3.42. The van der Waals surface area contributed by atoms with E-state index in [2.05, 4.69) is 39.6 Å². The third kappa shape index (κ3) is 1.77. The van der Waals surface area contributed by atoms with Crippen LogP contribution in [0.2, 0.25) is 0 Å². The van der Waals surface area contributed by atoms with E-state index in [1.807, 2.05) is 0 Å². The van der Waals surface area contributed by atoms with Crippen molar-refractivity contribution in [1.29, 1.82) is 0 Å². The Morgan fingerprint density at radius 3 is 2.00 bits per heavy atom. The van der Waals surface area contributed by atoms with Crippen LogP contribution in [0.1, 0.15) is 41.0 Å². The average Bonchev–Trinajstić information content (AvgIpc) is 2.31. The highest BCUT2D eigenvalue weighted by Gasteiger charge is 2.19. The third-order valence-corrected chi connectivity index (χ3v) is 2.33. The second kappa shape index (κ2) is 3.42. The number of allylic oxidation sites excluding steroid dienone is 2. The molecule has 0 atom stereocenters. The third-order valence-electron chi connectivity index (χ3n) is 2.33. The lowest BCUT2D eigenvalue weighted by Gasteiger charge is -2.11. The van der Waals surface area contributed by atoms with Crippen LogP contribution >= 0.6 is 0 Å². The van der Waals surface area contributed by atoms with Gasteiger partial charge >= 0.3 is 0 Å². The van der Waals surface area contributed by atoms with E-state index in [0.717, 1.165) is 6.42 Å².